The summed E-state index contributed by atoms with van der Waals surface area (Å²) in [7, 11) is 1.96. The lowest BCUT2D eigenvalue weighted by atomic mass is 9.89. The number of halogens is 1. The summed E-state index contributed by atoms with van der Waals surface area (Å²) in [5.74, 6) is 0.207. The van der Waals surface area contributed by atoms with Gasteiger partial charge < -0.3 is 5.32 Å². The second-order valence-corrected chi connectivity index (χ2v) is 5.44. The number of benzene rings is 2. The minimum Gasteiger partial charge on any atom is -0.319 e. The first-order valence-electron chi connectivity index (χ1n) is 7.06. The van der Waals surface area contributed by atoms with E-state index in [0.29, 0.717) is 5.92 Å². The van der Waals surface area contributed by atoms with E-state index in [9.17, 15) is 4.39 Å². The van der Waals surface area contributed by atoms with Gasteiger partial charge in [0.2, 0.25) is 0 Å². The van der Waals surface area contributed by atoms with Crippen LogP contribution < -0.4 is 5.32 Å². The van der Waals surface area contributed by atoms with Crippen molar-refractivity contribution in [1.29, 1.82) is 0 Å². The molecule has 2 rings (SSSR count). The van der Waals surface area contributed by atoms with Crippen LogP contribution in [0.4, 0.5) is 4.39 Å². The van der Waals surface area contributed by atoms with Crippen LogP contribution in [0.2, 0.25) is 0 Å². The van der Waals surface area contributed by atoms with Crippen molar-refractivity contribution in [2.24, 2.45) is 0 Å². The van der Waals surface area contributed by atoms with Crippen LogP contribution in [0.5, 0.6) is 0 Å². The van der Waals surface area contributed by atoms with Gasteiger partial charge in [-0.15, -0.1) is 0 Å². The molecule has 0 fully saturated rings. The molecule has 2 aromatic rings. The molecule has 0 spiro atoms. The molecule has 1 atom stereocenters. The monoisotopic (exact) mass is 271 g/mol. The van der Waals surface area contributed by atoms with Crippen LogP contribution in [0.3, 0.4) is 0 Å². The van der Waals surface area contributed by atoms with Gasteiger partial charge in [-0.05, 0) is 56.1 Å². The molecule has 0 radical (unpaired) electrons. The molecule has 0 saturated heterocycles. The number of nitrogens with one attached hydrogen (secondary N) is 1. The van der Waals surface area contributed by atoms with E-state index in [1.165, 1.54) is 17.2 Å². The second kappa shape index (κ2) is 6.67. The Morgan fingerprint density at radius 2 is 1.90 bits per heavy atom. The van der Waals surface area contributed by atoms with Gasteiger partial charge in [0.25, 0.3) is 0 Å². The SMILES string of the molecule is CNCC(Cc1cc(F)ccc1C)c1cccc(C)c1. The average Bonchev–Trinajstić information content (AvgIpc) is 2.42. The molecule has 1 unspecified atom stereocenters. The predicted octanol–water partition coefficient (Wildman–Crippen LogP) is 3.99. The normalized spacial score (nSPS) is 12.4. The topological polar surface area (TPSA) is 12.0 Å². The van der Waals surface area contributed by atoms with Gasteiger partial charge in [0.15, 0.2) is 0 Å². The second-order valence-electron chi connectivity index (χ2n) is 5.44. The molecule has 0 amide bonds. The number of aryl methyl sites for hydroxylation is 2. The lowest BCUT2D eigenvalue weighted by Gasteiger charge is -2.19. The molecule has 0 aromatic heterocycles. The molecule has 0 aliphatic heterocycles. The molecule has 1 nitrogen and oxygen atoms in total. The van der Waals surface area contributed by atoms with Crippen molar-refractivity contribution in [3.8, 4) is 0 Å². The van der Waals surface area contributed by atoms with Crippen LogP contribution in [0.25, 0.3) is 0 Å². The van der Waals surface area contributed by atoms with Crippen LogP contribution in [0.15, 0.2) is 42.5 Å². The van der Waals surface area contributed by atoms with Gasteiger partial charge >= 0.3 is 0 Å². The molecular formula is C18H22FN. The van der Waals surface area contributed by atoms with Crippen molar-refractivity contribution in [1.82, 2.24) is 5.32 Å². The van der Waals surface area contributed by atoms with Gasteiger partial charge in [0.05, 0.1) is 0 Å². The van der Waals surface area contributed by atoms with E-state index < -0.39 is 0 Å². The fourth-order valence-electron chi connectivity index (χ4n) is 2.60. The molecule has 0 bridgehead atoms. The average molecular weight is 271 g/mol. The lowest BCUT2D eigenvalue weighted by molar-refractivity contribution is 0.606. The fraction of sp³-hybridized carbons (Fsp3) is 0.333. The highest BCUT2D eigenvalue weighted by atomic mass is 19.1. The quantitative estimate of drug-likeness (QED) is 0.867. The summed E-state index contributed by atoms with van der Waals surface area (Å²) in [5.41, 5.74) is 4.81. The highest BCUT2D eigenvalue weighted by Gasteiger charge is 2.13. The maximum atomic E-state index is 13.4. The van der Waals surface area contributed by atoms with E-state index in [2.05, 4.69) is 36.5 Å². The summed E-state index contributed by atoms with van der Waals surface area (Å²) in [5, 5.41) is 3.25. The van der Waals surface area contributed by atoms with Gasteiger partial charge in [0, 0.05) is 12.5 Å². The van der Waals surface area contributed by atoms with E-state index in [4.69, 9.17) is 0 Å². The van der Waals surface area contributed by atoms with E-state index in [1.54, 1.807) is 6.07 Å². The molecule has 1 N–H and O–H groups in total. The Kier molecular flexibility index (Phi) is 4.91. The van der Waals surface area contributed by atoms with Crippen molar-refractivity contribution in [3.63, 3.8) is 0 Å². The molecule has 20 heavy (non-hydrogen) atoms. The summed E-state index contributed by atoms with van der Waals surface area (Å²) in [6.45, 7) is 5.04. The Balaban J connectivity index is 2.27. The molecular weight excluding hydrogens is 249 g/mol. The van der Waals surface area contributed by atoms with Crippen LogP contribution in [-0.2, 0) is 6.42 Å². The van der Waals surface area contributed by atoms with E-state index in [-0.39, 0.29) is 5.82 Å². The summed E-state index contributed by atoms with van der Waals surface area (Å²) in [4.78, 5) is 0. The first-order chi connectivity index (χ1) is 9.60. The number of hydrogen-bond donors (Lipinski definition) is 1. The van der Waals surface area contributed by atoms with Crippen LogP contribution in [0, 0.1) is 19.7 Å². The molecule has 0 heterocycles. The van der Waals surface area contributed by atoms with Crippen molar-refractivity contribution in [3.05, 3.63) is 70.5 Å². The minimum atomic E-state index is -0.155. The summed E-state index contributed by atoms with van der Waals surface area (Å²) in [6, 6.07) is 13.6. The highest BCUT2D eigenvalue weighted by molar-refractivity contribution is 5.32. The standard InChI is InChI=1S/C18H22FN/c1-13-5-4-6-15(9-13)17(12-20-3)10-16-11-18(19)8-7-14(16)2/h4-9,11,17,20H,10,12H2,1-3H3. The molecule has 106 valence electrons. The Morgan fingerprint density at radius 3 is 2.60 bits per heavy atom. The smallest absolute Gasteiger partial charge is 0.123 e. The van der Waals surface area contributed by atoms with Crippen LogP contribution in [-0.4, -0.2) is 13.6 Å². The van der Waals surface area contributed by atoms with Crippen molar-refractivity contribution >= 4 is 0 Å². The van der Waals surface area contributed by atoms with Gasteiger partial charge in [-0.2, -0.15) is 0 Å². The van der Waals surface area contributed by atoms with E-state index in [1.807, 2.05) is 20.0 Å². The number of rotatable bonds is 5. The van der Waals surface area contributed by atoms with Gasteiger partial charge in [-0.1, -0.05) is 35.9 Å². The highest BCUT2D eigenvalue weighted by Crippen LogP contribution is 2.23. The zero-order valence-electron chi connectivity index (χ0n) is 12.4. The Hall–Kier alpha value is -1.67. The third-order valence-electron chi connectivity index (χ3n) is 3.74. The number of hydrogen-bond acceptors (Lipinski definition) is 1. The zero-order valence-corrected chi connectivity index (χ0v) is 12.4. The van der Waals surface area contributed by atoms with Gasteiger partial charge in [-0.3, -0.25) is 0 Å². The van der Waals surface area contributed by atoms with E-state index in [0.717, 1.165) is 24.1 Å². The Labute approximate surface area is 120 Å². The van der Waals surface area contributed by atoms with Crippen LogP contribution >= 0.6 is 0 Å². The van der Waals surface area contributed by atoms with Crippen molar-refractivity contribution < 1.29 is 4.39 Å². The lowest BCUT2D eigenvalue weighted by Crippen LogP contribution is -2.19. The maximum Gasteiger partial charge on any atom is 0.123 e. The predicted molar refractivity (Wildman–Crippen MR) is 82.7 cm³/mol. The first kappa shape index (κ1) is 14.7. The molecule has 0 saturated carbocycles. The Morgan fingerprint density at radius 1 is 1.10 bits per heavy atom. The summed E-state index contributed by atoms with van der Waals surface area (Å²) in [6.07, 6.45) is 0.855. The van der Waals surface area contributed by atoms with Crippen LogP contribution in [0.1, 0.15) is 28.2 Å². The maximum absolute atomic E-state index is 13.4. The van der Waals surface area contributed by atoms with Crippen molar-refractivity contribution in [2.45, 2.75) is 26.2 Å². The fourth-order valence-corrected chi connectivity index (χ4v) is 2.60. The summed E-state index contributed by atoms with van der Waals surface area (Å²) >= 11 is 0. The van der Waals surface area contributed by atoms with Gasteiger partial charge in [0.1, 0.15) is 5.82 Å². The molecule has 0 aliphatic rings. The van der Waals surface area contributed by atoms with Gasteiger partial charge in [-0.25, -0.2) is 4.39 Å². The van der Waals surface area contributed by atoms with E-state index >= 15 is 0 Å². The molecule has 2 aromatic carbocycles. The molecule has 0 aliphatic carbocycles. The number of likely N-dealkylation sites (N-methyl/N-ethyl adjacent to an activating group) is 1. The Bertz CT molecular complexity index is 577. The zero-order chi connectivity index (χ0) is 14.5. The minimum absolute atomic E-state index is 0.155. The third-order valence-corrected chi connectivity index (χ3v) is 3.74. The first-order valence-corrected chi connectivity index (χ1v) is 7.06. The summed E-state index contributed by atoms with van der Waals surface area (Å²) < 4.78 is 13.4. The molecule has 2 heteroatoms. The largest absolute Gasteiger partial charge is 0.319 e. The third kappa shape index (κ3) is 3.67. The van der Waals surface area contributed by atoms with Crippen molar-refractivity contribution in [2.75, 3.05) is 13.6 Å².